The largest absolute Gasteiger partial charge is 0.347 e. The van der Waals surface area contributed by atoms with Crippen LogP contribution in [0.5, 0.6) is 0 Å². The van der Waals surface area contributed by atoms with Crippen molar-refractivity contribution in [1.29, 1.82) is 0 Å². The Kier molecular flexibility index (Phi) is 4.29. The van der Waals surface area contributed by atoms with Crippen molar-refractivity contribution in [3.05, 3.63) is 35.4 Å². The van der Waals surface area contributed by atoms with Crippen molar-refractivity contribution in [2.75, 3.05) is 11.5 Å². The molecule has 0 radical (unpaired) electrons. The summed E-state index contributed by atoms with van der Waals surface area (Å²) in [6.45, 7) is 1.88. The monoisotopic (exact) mass is 312 g/mol. The van der Waals surface area contributed by atoms with E-state index in [1.807, 2.05) is 6.92 Å². The van der Waals surface area contributed by atoms with Crippen molar-refractivity contribution in [2.45, 2.75) is 13.0 Å². The standard InChI is InChI=1S/C13H16N2O5S/c1-8-2-4-9(5-3-8)12(16)14-11-7-21(19,20)6-10(11)13(17)15-18/h2-5,10-11,18H,6-7H2,1H3,(H,14,16)(H,15,17). The zero-order valence-electron chi connectivity index (χ0n) is 11.4. The molecule has 1 heterocycles. The third-order valence-electron chi connectivity index (χ3n) is 3.43. The van der Waals surface area contributed by atoms with Gasteiger partial charge in [0.2, 0.25) is 5.91 Å². The average molecular weight is 312 g/mol. The molecule has 8 heteroatoms. The molecule has 0 aliphatic carbocycles. The number of nitrogens with one attached hydrogen (secondary N) is 2. The number of hydrogen-bond acceptors (Lipinski definition) is 5. The van der Waals surface area contributed by atoms with Gasteiger partial charge in [0.25, 0.3) is 5.91 Å². The molecule has 2 atom stereocenters. The second kappa shape index (κ2) is 5.82. The van der Waals surface area contributed by atoms with Crippen molar-refractivity contribution in [2.24, 2.45) is 5.92 Å². The van der Waals surface area contributed by atoms with Crippen molar-refractivity contribution in [3.8, 4) is 0 Å². The van der Waals surface area contributed by atoms with E-state index < -0.39 is 39.4 Å². The van der Waals surface area contributed by atoms with Crippen LogP contribution in [0.25, 0.3) is 0 Å². The molecular weight excluding hydrogens is 296 g/mol. The van der Waals surface area contributed by atoms with Gasteiger partial charge in [0.05, 0.1) is 23.5 Å². The Morgan fingerprint density at radius 1 is 1.19 bits per heavy atom. The Morgan fingerprint density at radius 3 is 2.38 bits per heavy atom. The lowest BCUT2D eigenvalue weighted by molar-refractivity contribution is -0.133. The Hall–Kier alpha value is -1.93. The van der Waals surface area contributed by atoms with E-state index >= 15 is 0 Å². The number of rotatable bonds is 3. The van der Waals surface area contributed by atoms with Gasteiger partial charge in [-0.15, -0.1) is 0 Å². The molecule has 2 unspecified atom stereocenters. The van der Waals surface area contributed by atoms with Crippen molar-refractivity contribution < 1.29 is 23.2 Å². The summed E-state index contributed by atoms with van der Waals surface area (Å²) >= 11 is 0. The number of amides is 2. The summed E-state index contributed by atoms with van der Waals surface area (Å²) in [5.74, 6) is -2.96. The first-order valence-corrected chi connectivity index (χ1v) is 8.16. The van der Waals surface area contributed by atoms with Crippen LogP contribution < -0.4 is 10.8 Å². The smallest absolute Gasteiger partial charge is 0.251 e. The van der Waals surface area contributed by atoms with Gasteiger partial charge >= 0.3 is 0 Å². The van der Waals surface area contributed by atoms with Crippen LogP contribution in [0, 0.1) is 12.8 Å². The fourth-order valence-electron chi connectivity index (χ4n) is 2.29. The minimum Gasteiger partial charge on any atom is -0.347 e. The van der Waals surface area contributed by atoms with Crippen LogP contribution in [-0.2, 0) is 14.6 Å². The van der Waals surface area contributed by atoms with E-state index in [2.05, 4.69) is 5.32 Å². The molecule has 0 aromatic heterocycles. The summed E-state index contributed by atoms with van der Waals surface area (Å²) < 4.78 is 23.2. The topological polar surface area (TPSA) is 113 Å². The third-order valence-corrected chi connectivity index (χ3v) is 5.16. The highest BCUT2D eigenvalue weighted by atomic mass is 32.2. The number of aryl methyl sites for hydroxylation is 1. The summed E-state index contributed by atoms with van der Waals surface area (Å²) in [6.07, 6.45) is 0. The quantitative estimate of drug-likeness (QED) is 0.521. The fraction of sp³-hybridized carbons (Fsp3) is 0.385. The van der Waals surface area contributed by atoms with Gasteiger partial charge in [-0.05, 0) is 19.1 Å². The zero-order chi connectivity index (χ0) is 15.6. The highest BCUT2D eigenvalue weighted by molar-refractivity contribution is 7.91. The zero-order valence-corrected chi connectivity index (χ0v) is 12.2. The van der Waals surface area contributed by atoms with Gasteiger partial charge < -0.3 is 5.32 Å². The molecule has 2 rings (SSSR count). The van der Waals surface area contributed by atoms with Crippen molar-refractivity contribution in [3.63, 3.8) is 0 Å². The molecule has 1 saturated heterocycles. The lowest BCUT2D eigenvalue weighted by Crippen LogP contribution is -2.45. The molecule has 1 aromatic rings. The minimum absolute atomic E-state index is 0.317. The average Bonchev–Trinajstić information content (AvgIpc) is 2.73. The maximum atomic E-state index is 12.1. The summed E-state index contributed by atoms with van der Waals surface area (Å²) in [5, 5.41) is 11.2. The van der Waals surface area contributed by atoms with Gasteiger partial charge in [0.15, 0.2) is 9.84 Å². The number of carbonyl (C=O) groups is 2. The Morgan fingerprint density at radius 2 is 1.81 bits per heavy atom. The van der Waals surface area contributed by atoms with E-state index in [0.717, 1.165) is 5.56 Å². The summed E-state index contributed by atoms with van der Waals surface area (Å²) in [7, 11) is -3.42. The summed E-state index contributed by atoms with van der Waals surface area (Å²) in [4.78, 5) is 23.6. The van der Waals surface area contributed by atoms with Crippen LogP contribution in [0.2, 0.25) is 0 Å². The van der Waals surface area contributed by atoms with E-state index in [1.165, 1.54) is 5.48 Å². The normalized spacial score (nSPS) is 23.5. The first-order valence-electron chi connectivity index (χ1n) is 6.34. The molecule has 7 nitrogen and oxygen atoms in total. The van der Waals surface area contributed by atoms with Gasteiger partial charge in [0.1, 0.15) is 0 Å². The van der Waals surface area contributed by atoms with E-state index in [4.69, 9.17) is 5.21 Å². The SMILES string of the molecule is Cc1ccc(C(=O)NC2CS(=O)(=O)CC2C(=O)NO)cc1. The van der Waals surface area contributed by atoms with Crippen molar-refractivity contribution in [1.82, 2.24) is 10.8 Å². The number of carbonyl (C=O) groups excluding carboxylic acids is 2. The lowest BCUT2D eigenvalue weighted by Gasteiger charge is -2.17. The molecule has 3 N–H and O–H groups in total. The second-order valence-electron chi connectivity index (χ2n) is 5.11. The highest BCUT2D eigenvalue weighted by Gasteiger charge is 2.42. The molecular formula is C13H16N2O5S. The van der Waals surface area contributed by atoms with Gasteiger partial charge in [-0.3, -0.25) is 14.8 Å². The molecule has 0 saturated carbocycles. The highest BCUT2D eigenvalue weighted by Crippen LogP contribution is 2.20. The predicted molar refractivity (Wildman–Crippen MR) is 74.5 cm³/mol. The fourth-order valence-corrected chi connectivity index (χ4v) is 4.22. The van der Waals surface area contributed by atoms with Gasteiger partial charge in [-0.25, -0.2) is 13.9 Å². The Balaban J connectivity index is 2.15. The molecule has 1 aliphatic rings. The van der Waals surface area contributed by atoms with Crippen LogP contribution in [-0.4, -0.2) is 43.0 Å². The molecule has 0 bridgehead atoms. The van der Waals surface area contributed by atoms with Gasteiger partial charge in [0, 0.05) is 5.56 Å². The van der Waals surface area contributed by atoms with Crippen LogP contribution in [0.15, 0.2) is 24.3 Å². The lowest BCUT2D eigenvalue weighted by atomic mass is 10.0. The van der Waals surface area contributed by atoms with Crippen LogP contribution in [0.4, 0.5) is 0 Å². The molecule has 1 fully saturated rings. The van der Waals surface area contributed by atoms with Crippen LogP contribution in [0.3, 0.4) is 0 Å². The number of sulfone groups is 1. The van der Waals surface area contributed by atoms with Gasteiger partial charge in [-0.2, -0.15) is 0 Å². The molecule has 21 heavy (non-hydrogen) atoms. The summed E-state index contributed by atoms with van der Waals surface area (Å²) in [5.41, 5.74) is 2.82. The Labute approximate surface area is 122 Å². The summed E-state index contributed by atoms with van der Waals surface area (Å²) in [6, 6.07) is 5.91. The van der Waals surface area contributed by atoms with E-state index in [1.54, 1.807) is 24.3 Å². The maximum Gasteiger partial charge on any atom is 0.251 e. The van der Waals surface area contributed by atoms with E-state index in [-0.39, 0.29) is 5.75 Å². The number of hydrogen-bond donors (Lipinski definition) is 3. The van der Waals surface area contributed by atoms with Crippen LogP contribution >= 0.6 is 0 Å². The van der Waals surface area contributed by atoms with Gasteiger partial charge in [-0.1, -0.05) is 17.7 Å². The van der Waals surface area contributed by atoms with Crippen molar-refractivity contribution >= 4 is 21.7 Å². The first-order chi connectivity index (χ1) is 9.82. The Bertz CT molecular complexity index is 654. The molecule has 114 valence electrons. The minimum atomic E-state index is -3.42. The first kappa shape index (κ1) is 15.5. The molecule has 0 spiro atoms. The van der Waals surface area contributed by atoms with E-state index in [0.29, 0.717) is 5.56 Å². The molecule has 1 aliphatic heterocycles. The van der Waals surface area contributed by atoms with E-state index in [9.17, 15) is 18.0 Å². The van der Waals surface area contributed by atoms with Crippen LogP contribution in [0.1, 0.15) is 15.9 Å². The third kappa shape index (κ3) is 3.59. The second-order valence-corrected chi connectivity index (χ2v) is 7.26. The predicted octanol–water partition coefficient (Wildman–Crippen LogP) is -0.357. The maximum absolute atomic E-state index is 12.1. The molecule has 2 amide bonds. The number of benzene rings is 1. The molecule has 1 aromatic carbocycles. The number of hydroxylamine groups is 1.